The SMILES string of the molecule is Cn1cc(CSc2ccc(F)c(C(=O)O)c2)nn1. The van der Waals surface area contributed by atoms with E-state index in [9.17, 15) is 9.18 Å². The van der Waals surface area contributed by atoms with E-state index in [0.29, 0.717) is 10.6 Å². The summed E-state index contributed by atoms with van der Waals surface area (Å²) >= 11 is 1.38. The number of halogens is 1. The van der Waals surface area contributed by atoms with E-state index >= 15 is 0 Å². The van der Waals surface area contributed by atoms with Crippen molar-refractivity contribution in [3.8, 4) is 0 Å². The van der Waals surface area contributed by atoms with E-state index in [1.165, 1.54) is 17.8 Å². The van der Waals surface area contributed by atoms with Gasteiger partial charge in [-0.25, -0.2) is 9.18 Å². The summed E-state index contributed by atoms with van der Waals surface area (Å²) in [5.41, 5.74) is 0.461. The molecule has 1 aromatic carbocycles. The van der Waals surface area contributed by atoms with Crippen molar-refractivity contribution in [2.75, 3.05) is 0 Å². The number of hydrogen-bond acceptors (Lipinski definition) is 4. The van der Waals surface area contributed by atoms with Gasteiger partial charge >= 0.3 is 5.97 Å². The molecule has 0 aliphatic carbocycles. The van der Waals surface area contributed by atoms with Gasteiger partial charge in [0.25, 0.3) is 0 Å². The Morgan fingerprint density at radius 3 is 2.94 bits per heavy atom. The van der Waals surface area contributed by atoms with Crippen molar-refractivity contribution in [3.05, 3.63) is 41.5 Å². The molecule has 0 spiro atoms. The molecule has 18 heavy (non-hydrogen) atoms. The number of rotatable bonds is 4. The number of benzene rings is 1. The smallest absolute Gasteiger partial charge is 0.338 e. The third-order valence-corrected chi connectivity index (χ3v) is 3.23. The lowest BCUT2D eigenvalue weighted by Gasteiger charge is -2.02. The Balaban J connectivity index is 2.10. The van der Waals surface area contributed by atoms with Crippen LogP contribution in [0, 0.1) is 5.82 Å². The molecule has 0 bridgehead atoms. The Morgan fingerprint density at radius 2 is 2.33 bits per heavy atom. The molecule has 1 aromatic heterocycles. The van der Waals surface area contributed by atoms with E-state index in [1.54, 1.807) is 24.0 Å². The minimum absolute atomic E-state index is 0.320. The summed E-state index contributed by atoms with van der Waals surface area (Å²) in [6.07, 6.45) is 1.77. The Hall–Kier alpha value is -1.89. The van der Waals surface area contributed by atoms with Crippen LogP contribution in [0.1, 0.15) is 16.1 Å². The maximum absolute atomic E-state index is 13.2. The minimum atomic E-state index is -1.27. The van der Waals surface area contributed by atoms with Crippen LogP contribution in [-0.2, 0) is 12.8 Å². The topological polar surface area (TPSA) is 68.0 Å². The van der Waals surface area contributed by atoms with Gasteiger partial charge in [0, 0.05) is 23.9 Å². The molecule has 0 aliphatic rings. The third-order valence-electron chi connectivity index (χ3n) is 2.21. The van der Waals surface area contributed by atoms with Crippen LogP contribution >= 0.6 is 11.8 Å². The highest BCUT2D eigenvalue weighted by Crippen LogP contribution is 2.24. The van der Waals surface area contributed by atoms with Crippen LogP contribution in [0.25, 0.3) is 0 Å². The number of nitrogens with zero attached hydrogens (tertiary/aromatic N) is 3. The first kappa shape index (κ1) is 12.6. The largest absolute Gasteiger partial charge is 0.478 e. The van der Waals surface area contributed by atoms with Crippen molar-refractivity contribution in [1.29, 1.82) is 0 Å². The monoisotopic (exact) mass is 267 g/mol. The normalized spacial score (nSPS) is 10.6. The number of aromatic carboxylic acids is 1. The summed E-state index contributed by atoms with van der Waals surface area (Å²) in [7, 11) is 1.77. The Bertz CT molecular complexity index is 585. The molecule has 94 valence electrons. The molecule has 0 saturated heterocycles. The fraction of sp³-hybridized carbons (Fsp3) is 0.182. The average Bonchev–Trinajstić information content (AvgIpc) is 2.74. The Morgan fingerprint density at radius 1 is 1.56 bits per heavy atom. The molecule has 0 radical (unpaired) electrons. The maximum atomic E-state index is 13.2. The molecule has 0 saturated carbocycles. The number of aromatic nitrogens is 3. The molecule has 0 fully saturated rings. The van der Waals surface area contributed by atoms with Gasteiger partial charge in [-0.1, -0.05) is 5.21 Å². The van der Waals surface area contributed by atoms with E-state index in [2.05, 4.69) is 10.3 Å². The van der Waals surface area contributed by atoms with E-state index in [4.69, 9.17) is 5.11 Å². The Labute approximate surface area is 107 Å². The molecule has 0 aliphatic heterocycles. The summed E-state index contributed by atoms with van der Waals surface area (Å²) in [5, 5.41) is 16.5. The van der Waals surface area contributed by atoms with E-state index < -0.39 is 11.8 Å². The van der Waals surface area contributed by atoms with Gasteiger partial charge in [-0.15, -0.1) is 16.9 Å². The summed E-state index contributed by atoms with van der Waals surface area (Å²) in [6, 6.07) is 4.02. The highest BCUT2D eigenvalue weighted by molar-refractivity contribution is 7.98. The number of thioether (sulfide) groups is 1. The minimum Gasteiger partial charge on any atom is -0.478 e. The first-order chi connectivity index (χ1) is 8.56. The lowest BCUT2D eigenvalue weighted by atomic mass is 10.2. The lowest BCUT2D eigenvalue weighted by Crippen LogP contribution is -2.00. The van der Waals surface area contributed by atoms with Crippen molar-refractivity contribution < 1.29 is 14.3 Å². The number of carboxylic acid groups (broad SMARTS) is 1. The van der Waals surface area contributed by atoms with Crippen LogP contribution in [0.3, 0.4) is 0 Å². The molecular weight excluding hydrogens is 257 g/mol. The molecule has 0 amide bonds. The van der Waals surface area contributed by atoms with E-state index in [1.807, 2.05) is 0 Å². The second-order valence-corrected chi connectivity index (χ2v) is 4.67. The molecule has 1 N–H and O–H groups in total. The predicted molar refractivity (Wildman–Crippen MR) is 63.9 cm³/mol. The third kappa shape index (κ3) is 2.86. The zero-order valence-corrected chi connectivity index (χ0v) is 10.3. The summed E-state index contributed by atoms with van der Waals surface area (Å²) in [6.45, 7) is 0. The molecular formula is C11H10FN3O2S. The summed E-state index contributed by atoms with van der Waals surface area (Å²) in [5.74, 6) is -1.45. The second kappa shape index (κ2) is 5.18. The highest BCUT2D eigenvalue weighted by Gasteiger charge is 2.11. The average molecular weight is 267 g/mol. The van der Waals surface area contributed by atoms with Gasteiger partial charge in [0.1, 0.15) is 5.82 Å². The predicted octanol–water partition coefficient (Wildman–Crippen LogP) is 1.94. The van der Waals surface area contributed by atoms with Crippen molar-refractivity contribution in [2.24, 2.45) is 7.05 Å². The maximum Gasteiger partial charge on any atom is 0.338 e. The van der Waals surface area contributed by atoms with Crippen LogP contribution in [-0.4, -0.2) is 26.1 Å². The van der Waals surface area contributed by atoms with Crippen LogP contribution in [0.4, 0.5) is 4.39 Å². The molecule has 5 nitrogen and oxygen atoms in total. The van der Waals surface area contributed by atoms with Gasteiger partial charge in [-0.3, -0.25) is 4.68 Å². The quantitative estimate of drug-likeness (QED) is 0.857. The van der Waals surface area contributed by atoms with Gasteiger partial charge < -0.3 is 5.11 Å². The first-order valence-electron chi connectivity index (χ1n) is 5.07. The zero-order valence-electron chi connectivity index (χ0n) is 9.50. The summed E-state index contributed by atoms with van der Waals surface area (Å²) < 4.78 is 14.8. The molecule has 0 unspecified atom stereocenters. The summed E-state index contributed by atoms with van der Waals surface area (Å²) in [4.78, 5) is 11.5. The van der Waals surface area contributed by atoms with Crippen LogP contribution in [0.5, 0.6) is 0 Å². The van der Waals surface area contributed by atoms with Crippen LogP contribution in [0.15, 0.2) is 29.3 Å². The zero-order chi connectivity index (χ0) is 13.1. The van der Waals surface area contributed by atoms with Crippen molar-refractivity contribution in [2.45, 2.75) is 10.6 Å². The molecule has 0 atom stereocenters. The fourth-order valence-electron chi connectivity index (χ4n) is 1.38. The number of aryl methyl sites for hydroxylation is 1. The molecule has 1 heterocycles. The molecule has 7 heteroatoms. The molecule has 2 rings (SSSR count). The number of carbonyl (C=O) groups is 1. The highest BCUT2D eigenvalue weighted by atomic mass is 32.2. The number of carboxylic acids is 1. The number of hydrogen-bond donors (Lipinski definition) is 1. The van der Waals surface area contributed by atoms with Gasteiger partial charge in [0.05, 0.1) is 11.3 Å². The van der Waals surface area contributed by atoms with Crippen molar-refractivity contribution in [3.63, 3.8) is 0 Å². The van der Waals surface area contributed by atoms with E-state index in [-0.39, 0.29) is 5.56 Å². The van der Waals surface area contributed by atoms with Crippen LogP contribution in [0.2, 0.25) is 0 Å². The van der Waals surface area contributed by atoms with E-state index in [0.717, 1.165) is 11.8 Å². The molecule has 2 aromatic rings. The Kier molecular flexibility index (Phi) is 3.61. The second-order valence-electron chi connectivity index (χ2n) is 3.62. The first-order valence-corrected chi connectivity index (χ1v) is 6.05. The van der Waals surface area contributed by atoms with Gasteiger partial charge in [0.2, 0.25) is 0 Å². The lowest BCUT2D eigenvalue weighted by molar-refractivity contribution is 0.0691. The standard InChI is InChI=1S/C11H10FN3O2S/c1-15-5-7(13-14-15)6-18-8-2-3-10(12)9(4-8)11(16)17/h2-5H,6H2,1H3,(H,16,17). The van der Waals surface area contributed by atoms with Crippen molar-refractivity contribution >= 4 is 17.7 Å². The van der Waals surface area contributed by atoms with Crippen molar-refractivity contribution in [1.82, 2.24) is 15.0 Å². The van der Waals surface area contributed by atoms with Gasteiger partial charge in [0.15, 0.2) is 0 Å². The fourth-order valence-corrected chi connectivity index (χ4v) is 2.19. The van der Waals surface area contributed by atoms with Crippen LogP contribution < -0.4 is 0 Å². The van der Waals surface area contributed by atoms with Gasteiger partial charge in [-0.05, 0) is 18.2 Å². The van der Waals surface area contributed by atoms with Gasteiger partial charge in [-0.2, -0.15) is 0 Å².